The molecular formula is C18H15F3N2O3. The second kappa shape index (κ2) is 8.28. The van der Waals surface area contributed by atoms with Crippen molar-refractivity contribution in [2.45, 2.75) is 13.1 Å². The molecule has 0 heterocycles. The van der Waals surface area contributed by atoms with Gasteiger partial charge in [-0.05, 0) is 23.8 Å². The van der Waals surface area contributed by atoms with Crippen LogP contribution >= 0.6 is 0 Å². The van der Waals surface area contributed by atoms with Crippen LogP contribution in [0.25, 0.3) is 0 Å². The van der Waals surface area contributed by atoms with Crippen LogP contribution in [0, 0.1) is 0 Å². The van der Waals surface area contributed by atoms with Crippen LogP contribution in [0.15, 0.2) is 59.7 Å². The van der Waals surface area contributed by atoms with Crippen molar-refractivity contribution in [3.8, 4) is 0 Å². The van der Waals surface area contributed by atoms with E-state index >= 15 is 0 Å². The average Bonchev–Trinajstić information content (AvgIpc) is 2.60. The van der Waals surface area contributed by atoms with Gasteiger partial charge in [0.25, 0.3) is 5.91 Å². The molecule has 0 aliphatic rings. The van der Waals surface area contributed by atoms with E-state index in [4.69, 9.17) is 0 Å². The van der Waals surface area contributed by atoms with E-state index in [0.717, 1.165) is 24.1 Å². The fraction of sp³-hybridized carbons (Fsp3) is 0.167. The number of ether oxygens (including phenoxy) is 1. The van der Waals surface area contributed by atoms with Crippen LogP contribution in [0.3, 0.4) is 0 Å². The van der Waals surface area contributed by atoms with E-state index in [1.165, 1.54) is 18.3 Å². The Morgan fingerprint density at radius 1 is 1.12 bits per heavy atom. The van der Waals surface area contributed by atoms with Crippen LogP contribution in [0.1, 0.15) is 18.1 Å². The summed E-state index contributed by atoms with van der Waals surface area (Å²) in [7, 11) is 0. The Labute approximate surface area is 147 Å². The normalized spacial score (nSPS) is 11.4. The van der Waals surface area contributed by atoms with Crippen LogP contribution in [-0.4, -0.2) is 24.7 Å². The van der Waals surface area contributed by atoms with Crippen LogP contribution < -0.4 is 5.01 Å². The van der Waals surface area contributed by atoms with Crippen molar-refractivity contribution in [1.29, 1.82) is 0 Å². The second-order valence-corrected chi connectivity index (χ2v) is 5.19. The maximum Gasteiger partial charge on any atom is 0.416 e. The Morgan fingerprint density at radius 3 is 2.42 bits per heavy atom. The smallest absolute Gasteiger partial charge is 0.416 e. The molecule has 5 nitrogen and oxygen atoms in total. The third-order valence-corrected chi connectivity index (χ3v) is 3.18. The van der Waals surface area contributed by atoms with Crippen LogP contribution in [0.5, 0.6) is 0 Å². The van der Waals surface area contributed by atoms with Gasteiger partial charge >= 0.3 is 12.1 Å². The molecule has 0 N–H and O–H groups in total. The lowest BCUT2D eigenvalue weighted by molar-refractivity contribution is -0.145. The average molecular weight is 364 g/mol. The van der Waals surface area contributed by atoms with Gasteiger partial charge in [0.1, 0.15) is 0 Å². The molecule has 0 saturated carbocycles. The number of benzene rings is 2. The monoisotopic (exact) mass is 364 g/mol. The number of hydrogen-bond acceptors (Lipinski definition) is 4. The summed E-state index contributed by atoms with van der Waals surface area (Å²) >= 11 is 0. The van der Waals surface area contributed by atoms with Crippen molar-refractivity contribution in [3.63, 3.8) is 0 Å². The Morgan fingerprint density at radius 2 is 1.81 bits per heavy atom. The van der Waals surface area contributed by atoms with Gasteiger partial charge in [0.05, 0.1) is 17.5 Å². The van der Waals surface area contributed by atoms with E-state index < -0.39 is 30.2 Å². The van der Waals surface area contributed by atoms with Crippen molar-refractivity contribution in [2.75, 3.05) is 11.6 Å². The summed E-state index contributed by atoms with van der Waals surface area (Å²) in [5, 5.41) is 4.73. The molecule has 8 heteroatoms. The van der Waals surface area contributed by atoms with Gasteiger partial charge in [-0.15, -0.1) is 0 Å². The zero-order chi connectivity index (χ0) is 19.2. The van der Waals surface area contributed by atoms with Crippen LogP contribution in [0.4, 0.5) is 18.9 Å². The molecule has 0 aromatic heterocycles. The molecule has 2 aromatic rings. The molecule has 136 valence electrons. The van der Waals surface area contributed by atoms with E-state index in [0.29, 0.717) is 5.56 Å². The summed E-state index contributed by atoms with van der Waals surface area (Å²) in [5.41, 5.74) is -0.371. The first-order valence-electron chi connectivity index (χ1n) is 7.50. The van der Waals surface area contributed by atoms with Gasteiger partial charge in [-0.25, -0.2) is 0 Å². The molecule has 0 radical (unpaired) electrons. The number of amides is 1. The summed E-state index contributed by atoms with van der Waals surface area (Å²) in [4.78, 5) is 23.2. The van der Waals surface area contributed by atoms with E-state index in [1.807, 2.05) is 0 Å². The number of carbonyl (C=O) groups is 2. The topological polar surface area (TPSA) is 59.0 Å². The number of nitrogens with zero attached hydrogens (tertiary/aromatic N) is 2. The highest BCUT2D eigenvalue weighted by atomic mass is 19.4. The van der Waals surface area contributed by atoms with Crippen molar-refractivity contribution in [2.24, 2.45) is 5.10 Å². The van der Waals surface area contributed by atoms with Gasteiger partial charge < -0.3 is 4.74 Å². The second-order valence-electron chi connectivity index (χ2n) is 5.19. The SMILES string of the molecule is CC(=O)OCC(=O)N(/N=C/c1ccccc1)c1cccc(C(F)(F)F)c1. The maximum atomic E-state index is 12.9. The highest BCUT2D eigenvalue weighted by Crippen LogP contribution is 2.31. The maximum absolute atomic E-state index is 12.9. The van der Waals surface area contributed by atoms with Gasteiger partial charge in [-0.1, -0.05) is 36.4 Å². The molecule has 0 fully saturated rings. The summed E-state index contributed by atoms with van der Waals surface area (Å²) in [6.45, 7) is 0.479. The highest BCUT2D eigenvalue weighted by Gasteiger charge is 2.31. The summed E-state index contributed by atoms with van der Waals surface area (Å²) in [5.74, 6) is -1.47. The fourth-order valence-corrected chi connectivity index (χ4v) is 1.98. The van der Waals surface area contributed by atoms with Gasteiger partial charge in [0.2, 0.25) is 0 Å². The van der Waals surface area contributed by atoms with E-state index in [9.17, 15) is 22.8 Å². The van der Waals surface area contributed by atoms with E-state index in [-0.39, 0.29) is 5.69 Å². The summed E-state index contributed by atoms with van der Waals surface area (Å²) in [6, 6.07) is 12.9. The van der Waals surface area contributed by atoms with E-state index in [1.54, 1.807) is 30.3 Å². The van der Waals surface area contributed by atoms with Crippen LogP contribution in [0.2, 0.25) is 0 Å². The minimum absolute atomic E-state index is 0.0934. The number of rotatable bonds is 5. The third-order valence-electron chi connectivity index (χ3n) is 3.18. The Hall–Kier alpha value is -3.16. The molecule has 2 aromatic carbocycles. The number of carbonyl (C=O) groups excluding carboxylic acids is 2. The van der Waals surface area contributed by atoms with E-state index in [2.05, 4.69) is 9.84 Å². The Bertz CT molecular complexity index is 805. The number of hydrogen-bond donors (Lipinski definition) is 0. The molecule has 0 aliphatic heterocycles. The molecule has 0 saturated heterocycles. The molecule has 0 atom stereocenters. The van der Waals surface area contributed by atoms with Crippen molar-refractivity contribution < 1.29 is 27.5 Å². The van der Waals surface area contributed by atoms with Crippen molar-refractivity contribution >= 4 is 23.8 Å². The summed E-state index contributed by atoms with van der Waals surface area (Å²) < 4.78 is 43.4. The first-order valence-corrected chi connectivity index (χ1v) is 7.50. The molecule has 0 bridgehead atoms. The zero-order valence-electron chi connectivity index (χ0n) is 13.7. The largest absolute Gasteiger partial charge is 0.456 e. The predicted molar refractivity (Wildman–Crippen MR) is 89.6 cm³/mol. The fourth-order valence-electron chi connectivity index (χ4n) is 1.98. The molecule has 0 spiro atoms. The number of alkyl halides is 3. The Kier molecular flexibility index (Phi) is 6.11. The van der Waals surface area contributed by atoms with Crippen molar-refractivity contribution in [3.05, 3.63) is 65.7 Å². The zero-order valence-corrected chi connectivity index (χ0v) is 13.7. The van der Waals surface area contributed by atoms with Gasteiger partial charge in [-0.3, -0.25) is 9.59 Å². The van der Waals surface area contributed by atoms with Crippen molar-refractivity contribution in [1.82, 2.24) is 0 Å². The lowest BCUT2D eigenvalue weighted by atomic mass is 10.2. The quantitative estimate of drug-likeness (QED) is 0.462. The van der Waals surface area contributed by atoms with Crippen LogP contribution in [-0.2, 0) is 20.5 Å². The first kappa shape index (κ1) is 19.2. The molecule has 1 amide bonds. The molecule has 26 heavy (non-hydrogen) atoms. The molecular weight excluding hydrogens is 349 g/mol. The first-order chi connectivity index (χ1) is 12.3. The minimum Gasteiger partial charge on any atom is -0.456 e. The standard InChI is InChI=1S/C18H15F3N2O3/c1-13(24)26-12-17(25)23(22-11-14-6-3-2-4-7-14)16-9-5-8-15(10-16)18(19,20)21/h2-11H,12H2,1H3/b22-11+. The molecule has 0 unspecified atom stereocenters. The lowest BCUT2D eigenvalue weighted by Crippen LogP contribution is -2.30. The summed E-state index contributed by atoms with van der Waals surface area (Å²) in [6.07, 6.45) is -3.24. The Balaban J connectivity index is 2.35. The molecule has 0 aliphatic carbocycles. The molecule has 2 rings (SSSR count). The van der Waals surface area contributed by atoms with Gasteiger partial charge in [0.15, 0.2) is 6.61 Å². The lowest BCUT2D eigenvalue weighted by Gasteiger charge is -2.18. The third kappa shape index (κ3) is 5.44. The highest BCUT2D eigenvalue weighted by molar-refractivity contribution is 5.96. The number of anilines is 1. The van der Waals surface area contributed by atoms with Gasteiger partial charge in [-0.2, -0.15) is 23.3 Å². The number of halogens is 3. The number of hydrazone groups is 1. The number of esters is 1. The predicted octanol–water partition coefficient (Wildman–Crippen LogP) is 3.64. The van der Waals surface area contributed by atoms with Gasteiger partial charge in [0, 0.05) is 6.92 Å². The minimum atomic E-state index is -4.57.